The molecule has 0 aromatic carbocycles. The number of rotatable bonds is 2. The summed E-state index contributed by atoms with van der Waals surface area (Å²) >= 11 is 1.28. The zero-order valence-electron chi connectivity index (χ0n) is 12.9. The Kier molecular flexibility index (Phi) is 4.18. The van der Waals surface area contributed by atoms with Gasteiger partial charge in [0.1, 0.15) is 5.69 Å². The fraction of sp³-hybridized carbons (Fsp3) is 0.667. The van der Waals surface area contributed by atoms with Crippen molar-refractivity contribution in [2.24, 2.45) is 5.41 Å². The molecule has 0 aliphatic carbocycles. The standard InChI is InChI=1S/C15H21N3O3S/c1-10-15(4-7-21-8-5-15)3-6-18(10)13(20)12-9-22-14(17-12)16-11(2)19/h9-10H,3-8H2,1-2H3,(H,16,17,19). The molecule has 3 heterocycles. The van der Waals surface area contributed by atoms with Crippen LogP contribution in [-0.4, -0.2) is 47.5 Å². The van der Waals surface area contributed by atoms with Crippen LogP contribution >= 0.6 is 11.3 Å². The first-order chi connectivity index (χ1) is 10.5. The summed E-state index contributed by atoms with van der Waals surface area (Å²) in [6, 6.07) is 0.204. The number of carbonyl (C=O) groups is 2. The molecule has 1 aromatic rings. The summed E-state index contributed by atoms with van der Waals surface area (Å²) in [5.41, 5.74) is 0.620. The largest absolute Gasteiger partial charge is 0.381 e. The first-order valence-electron chi connectivity index (χ1n) is 7.64. The molecule has 1 N–H and O–H groups in total. The molecular formula is C15H21N3O3S. The zero-order valence-corrected chi connectivity index (χ0v) is 13.7. The maximum Gasteiger partial charge on any atom is 0.273 e. The minimum absolute atomic E-state index is 0.0382. The third kappa shape index (κ3) is 2.75. The number of hydrogen-bond acceptors (Lipinski definition) is 5. The molecule has 0 bridgehead atoms. The van der Waals surface area contributed by atoms with Crippen molar-refractivity contribution in [3.8, 4) is 0 Å². The Morgan fingerprint density at radius 3 is 2.82 bits per heavy atom. The smallest absolute Gasteiger partial charge is 0.273 e. The molecule has 0 saturated carbocycles. The quantitative estimate of drug-likeness (QED) is 0.905. The van der Waals surface area contributed by atoms with E-state index in [0.717, 1.165) is 39.0 Å². The number of aromatic nitrogens is 1. The van der Waals surface area contributed by atoms with Gasteiger partial charge >= 0.3 is 0 Å². The molecule has 2 saturated heterocycles. The Bertz CT molecular complexity index is 580. The molecular weight excluding hydrogens is 302 g/mol. The van der Waals surface area contributed by atoms with E-state index in [1.54, 1.807) is 5.38 Å². The summed E-state index contributed by atoms with van der Waals surface area (Å²) in [4.78, 5) is 29.9. The fourth-order valence-electron chi connectivity index (χ4n) is 3.53. The lowest BCUT2D eigenvalue weighted by Gasteiger charge is -2.38. The van der Waals surface area contributed by atoms with Gasteiger partial charge in [-0.3, -0.25) is 9.59 Å². The molecule has 0 radical (unpaired) electrons. The van der Waals surface area contributed by atoms with Gasteiger partial charge in [-0.25, -0.2) is 4.98 Å². The number of likely N-dealkylation sites (tertiary alicyclic amines) is 1. The third-order valence-electron chi connectivity index (χ3n) is 4.96. The monoisotopic (exact) mass is 323 g/mol. The number of anilines is 1. The molecule has 2 aliphatic heterocycles. The predicted molar refractivity (Wildman–Crippen MR) is 84.0 cm³/mol. The Hall–Kier alpha value is -1.47. The Morgan fingerprint density at radius 1 is 1.41 bits per heavy atom. The molecule has 1 spiro atoms. The highest BCUT2D eigenvalue weighted by atomic mass is 32.1. The van der Waals surface area contributed by atoms with Gasteiger partial charge in [0, 0.05) is 38.1 Å². The number of ether oxygens (including phenoxy) is 1. The van der Waals surface area contributed by atoms with Gasteiger partial charge in [-0.1, -0.05) is 0 Å². The topological polar surface area (TPSA) is 71.5 Å². The van der Waals surface area contributed by atoms with Gasteiger partial charge in [0.15, 0.2) is 5.13 Å². The summed E-state index contributed by atoms with van der Waals surface area (Å²) in [7, 11) is 0. The van der Waals surface area contributed by atoms with E-state index in [-0.39, 0.29) is 23.3 Å². The van der Waals surface area contributed by atoms with Crippen LogP contribution in [0.25, 0.3) is 0 Å². The van der Waals surface area contributed by atoms with E-state index in [0.29, 0.717) is 10.8 Å². The van der Waals surface area contributed by atoms with Gasteiger partial charge in [0.05, 0.1) is 0 Å². The lowest BCUT2D eigenvalue weighted by Crippen LogP contribution is -2.43. The van der Waals surface area contributed by atoms with Gasteiger partial charge in [-0.05, 0) is 31.6 Å². The van der Waals surface area contributed by atoms with Gasteiger partial charge in [-0.15, -0.1) is 11.3 Å². The second-order valence-electron chi connectivity index (χ2n) is 6.12. The average molecular weight is 323 g/mol. The lowest BCUT2D eigenvalue weighted by molar-refractivity contribution is -0.114. The predicted octanol–water partition coefficient (Wildman–Crippen LogP) is 2.13. The molecule has 2 amide bonds. The van der Waals surface area contributed by atoms with Crippen LogP contribution in [0.4, 0.5) is 5.13 Å². The van der Waals surface area contributed by atoms with Crippen molar-refractivity contribution >= 4 is 28.3 Å². The summed E-state index contributed by atoms with van der Waals surface area (Å²) in [5, 5.41) is 4.81. The van der Waals surface area contributed by atoms with Crippen molar-refractivity contribution in [2.45, 2.75) is 39.2 Å². The molecule has 6 nitrogen and oxygen atoms in total. The van der Waals surface area contributed by atoms with Crippen LogP contribution in [0.1, 0.15) is 43.6 Å². The minimum atomic E-state index is -0.177. The number of nitrogens with zero attached hydrogens (tertiary/aromatic N) is 2. The Balaban J connectivity index is 1.72. The van der Waals surface area contributed by atoms with E-state index >= 15 is 0 Å². The van der Waals surface area contributed by atoms with Gasteiger partial charge < -0.3 is 15.0 Å². The highest BCUT2D eigenvalue weighted by Crippen LogP contribution is 2.45. The SMILES string of the molecule is CC(=O)Nc1nc(C(=O)N2CCC3(CCOCC3)C2C)cs1. The van der Waals surface area contributed by atoms with Crippen LogP contribution in [0.5, 0.6) is 0 Å². The van der Waals surface area contributed by atoms with Crippen LogP contribution < -0.4 is 5.32 Å². The van der Waals surface area contributed by atoms with Crippen LogP contribution in [0, 0.1) is 5.41 Å². The van der Waals surface area contributed by atoms with Crippen molar-refractivity contribution in [1.29, 1.82) is 0 Å². The number of carbonyl (C=O) groups excluding carboxylic acids is 2. The zero-order chi connectivity index (χ0) is 15.7. The maximum absolute atomic E-state index is 12.7. The highest BCUT2D eigenvalue weighted by Gasteiger charge is 2.47. The van der Waals surface area contributed by atoms with E-state index in [4.69, 9.17) is 4.74 Å². The maximum atomic E-state index is 12.7. The number of amides is 2. The van der Waals surface area contributed by atoms with Crippen LogP contribution in [0.15, 0.2) is 5.38 Å². The minimum Gasteiger partial charge on any atom is -0.381 e. The molecule has 1 aromatic heterocycles. The highest BCUT2D eigenvalue weighted by molar-refractivity contribution is 7.14. The number of thiazole rings is 1. The van der Waals surface area contributed by atoms with Gasteiger partial charge in [-0.2, -0.15) is 0 Å². The summed E-state index contributed by atoms with van der Waals surface area (Å²) < 4.78 is 5.47. The van der Waals surface area contributed by atoms with Crippen molar-refractivity contribution in [3.63, 3.8) is 0 Å². The van der Waals surface area contributed by atoms with Gasteiger partial charge in [0.2, 0.25) is 5.91 Å². The summed E-state index contributed by atoms with van der Waals surface area (Å²) in [6.45, 7) is 5.91. The molecule has 3 rings (SSSR count). The van der Waals surface area contributed by atoms with Crippen molar-refractivity contribution < 1.29 is 14.3 Å². The molecule has 120 valence electrons. The molecule has 7 heteroatoms. The summed E-state index contributed by atoms with van der Waals surface area (Å²) in [5.74, 6) is -0.215. The van der Waals surface area contributed by atoms with Gasteiger partial charge in [0.25, 0.3) is 5.91 Å². The molecule has 22 heavy (non-hydrogen) atoms. The van der Waals surface area contributed by atoms with Crippen molar-refractivity contribution in [1.82, 2.24) is 9.88 Å². The molecule has 2 fully saturated rings. The van der Waals surface area contributed by atoms with Crippen LogP contribution in [0.3, 0.4) is 0 Å². The van der Waals surface area contributed by atoms with E-state index in [9.17, 15) is 9.59 Å². The first kappa shape index (κ1) is 15.4. The van der Waals surface area contributed by atoms with Crippen molar-refractivity contribution in [3.05, 3.63) is 11.1 Å². The Labute approximate surface area is 133 Å². The second kappa shape index (κ2) is 5.96. The summed E-state index contributed by atoms with van der Waals surface area (Å²) in [6.07, 6.45) is 3.07. The second-order valence-corrected chi connectivity index (χ2v) is 6.98. The number of nitrogens with one attached hydrogen (secondary N) is 1. The molecule has 1 unspecified atom stereocenters. The molecule has 2 aliphatic rings. The third-order valence-corrected chi connectivity index (χ3v) is 5.72. The van der Waals surface area contributed by atoms with E-state index < -0.39 is 0 Å². The lowest BCUT2D eigenvalue weighted by atomic mass is 9.74. The normalized spacial score (nSPS) is 23.7. The number of hydrogen-bond donors (Lipinski definition) is 1. The van der Waals surface area contributed by atoms with Crippen LogP contribution in [0.2, 0.25) is 0 Å². The van der Waals surface area contributed by atoms with Crippen LogP contribution in [-0.2, 0) is 9.53 Å². The first-order valence-corrected chi connectivity index (χ1v) is 8.52. The average Bonchev–Trinajstić information content (AvgIpc) is 3.06. The fourth-order valence-corrected chi connectivity index (χ4v) is 4.26. The van der Waals surface area contributed by atoms with E-state index in [1.807, 2.05) is 4.90 Å². The van der Waals surface area contributed by atoms with E-state index in [1.165, 1.54) is 18.3 Å². The molecule has 1 atom stereocenters. The Morgan fingerprint density at radius 2 is 2.14 bits per heavy atom. The van der Waals surface area contributed by atoms with Crippen molar-refractivity contribution in [2.75, 3.05) is 25.1 Å². The van der Waals surface area contributed by atoms with E-state index in [2.05, 4.69) is 17.2 Å².